The third kappa shape index (κ3) is 3.01. The van der Waals surface area contributed by atoms with Gasteiger partial charge in [0.25, 0.3) is 5.91 Å². The average molecular weight is 325 g/mol. The van der Waals surface area contributed by atoms with Crippen LogP contribution in [0.5, 0.6) is 0 Å². The van der Waals surface area contributed by atoms with Gasteiger partial charge in [0.1, 0.15) is 0 Å². The highest BCUT2D eigenvalue weighted by Crippen LogP contribution is 2.20. The lowest BCUT2D eigenvalue weighted by molar-refractivity contribution is 0.0138. The van der Waals surface area contributed by atoms with Crippen molar-refractivity contribution in [3.63, 3.8) is 0 Å². The van der Waals surface area contributed by atoms with E-state index in [1.54, 1.807) is 6.20 Å². The van der Waals surface area contributed by atoms with Crippen LogP contribution in [0.4, 0.5) is 0 Å². The number of hydrogen-bond donors (Lipinski definition) is 0. The molecule has 0 bridgehead atoms. The third-order valence-electron chi connectivity index (χ3n) is 5.17. The van der Waals surface area contributed by atoms with Crippen molar-refractivity contribution in [2.75, 3.05) is 39.4 Å². The monoisotopic (exact) mass is 325 g/mol. The molecule has 0 atom stereocenters. The predicted octanol–water partition coefficient (Wildman–Crippen LogP) is 2.17. The second-order valence-corrected chi connectivity index (χ2v) is 6.55. The molecule has 2 aromatic rings. The number of pyridine rings is 1. The average Bonchev–Trinajstić information content (AvgIpc) is 2.68. The quantitative estimate of drug-likeness (QED) is 0.849. The van der Waals surface area contributed by atoms with Gasteiger partial charge in [0, 0.05) is 57.0 Å². The van der Waals surface area contributed by atoms with E-state index in [1.165, 1.54) is 0 Å². The van der Waals surface area contributed by atoms with Gasteiger partial charge in [0.2, 0.25) is 0 Å². The van der Waals surface area contributed by atoms with Crippen molar-refractivity contribution in [1.29, 1.82) is 0 Å². The maximum Gasteiger partial charge on any atom is 0.256 e. The van der Waals surface area contributed by atoms with Gasteiger partial charge in [-0.15, -0.1) is 0 Å². The van der Waals surface area contributed by atoms with Crippen LogP contribution < -0.4 is 0 Å². The molecule has 1 aromatic heterocycles. The van der Waals surface area contributed by atoms with Gasteiger partial charge < -0.3 is 9.64 Å². The molecule has 0 spiro atoms. The lowest BCUT2D eigenvalue weighted by atomic mass is 10.1. The molecule has 0 aliphatic carbocycles. The number of hydrogen-bond acceptors (Lipinski definition) is 4. The van der Waals surface area contributed by atoms with Crippen LogP contribution in [0.15, 0.2) is 36.5 Å². The molecule has 4 rings (SSSR count). The van der Waals surface area contributed by atoms with Crippen LogP contribution in [0.25, 0.3) is 10.9 Å². The van der Waals surface area contributed by atoms with E-state index in [-0.39, 0.29) is 5.91 Å². The Morgan fingerprint density at radius 1 is 1.04 bits per heavy atom. The molecule has 0 N–H and O–H groups in total. The number of benzene rings is 1. The van der Waals surface area contributed by atoms with Crippen LogP contribution >= 0.6 is 0 Å². The van der Waals surface area contributed by atoms with E-state index in [4.69, 9.17) is 4.74 Å². The van der Waals surface area contributed by atoms with Crippen LogP contribution in [-0.2, 0) is 4.74 Å². The zero-order chi connectivity index (χ0) is 16.4. The Kier molecular flexibility index (Phi) is 4.45. The summed E-state index contributed by atoms with van der Waals surface area (Å²) in [5.74, 6) is 0.103. The van der Waals surface area contributed by atoms with Crippen molar-refractivity contribution in [2.45, 2.75) is 18.9 Å². The minimum atomic E-state index is 0.103. The van der Waals surface area contributed by atoms with Gasteiger partial charge in [-0.3, -0.25) is 14.7 Å². The molecular formula is C19H23N3O2. The van der Waals surface area contributed by atoms with E-state index in [0.29, 0.717) is 11.6 Å². The molecular weight excluding hydrogens is 302 g/mol. The number of nitrogens with zero attached hydrogens (tertiary/aromatic N) is 3. The Morgan fingerprint density at radius 2 is 1.79 bits per heavy atom. The number of piperazine rings is 1. The molecule has 2 saturated heterocycles. The zero-order valence-corrected chi connectivity index (χ0v) is 13.9. The van der Waals surface area contributed by atoms with Crippen LogP contribution in [0, 0.1) is 0 Å². The Bertz CT molecular complexity index is 714. The molecule has 1 aromatic carbocycles. The molecule has 5 nitrogen and oxygen atoms in total. The summed E-state index contributed by atoms with van der Waals surface area (Å²) in [4.78, 5) is 21.9. The maximum absolute atomic E-state index is 12.9. The smallest absolute Gasteiger partial charge is 0.256 e. The summed E-state index contributed by atoms with van der Waals surface area (Å²) in [7, 11) is 0. The van der Waals surface area contributed by atoms with Crippen molar-refractivity contribution in [3.05, 3.63) is 42.1 Å². The normalized spacial score (nSPS) is 20.4. The molecule has 2 aliphatic heterocycles. The number of amides is 1. The summed E-state index contributed by atoms with van der Waals surface area (Å²) in [5, 5.41) is 1.02. The highest BCUT2D eigenvalue weighted by Gasteiger charge is 2.28. The van der Waals surface area contributed by atoms with Crippen molar-refractivity contribution in [1.82, 2.24) is 14.8 Å². The number of para-hydroxylation sites is 1. The summed E-state index contributed by atoms with van der Waals surface area (Å²) in [6.07, 6.45) is 3.98. The van der Waals surface area contributed by atoms with Crippen molar-refractivity contribution in [3.8, 4) is 0 Å². The number of rotatable bonds is 2. The van der Waals surface area contributed by atoms with E-state index >= 15 is 0 Å². The Labute approximate surface area is 142 Å². The minimum Gasteiger partial charge on any atom is -0.381 e. The molecule has 5 heteroatoms. The topological polar surface area (TPSA) is 45.7 Å². The zero-order valence-electron chi connectivity index (χ0n) is 13.9. The predicted molar refractivity (Wildman–Crippen MR) is 93.1 cm³/mol. The van der Waals surface area contributed by atoms with E-state index in [2.05, 4.69) is 9.88 Å². The first-order chi connectivity index (χ1) is 11.8. The second kappa shape index (κ2) is 6.87. The second-order valence-electron chi connectivity index (χ2n) is 6.55. The van der Waals surface area contributed by atoms with Gasteiger partial charge in [-0.05, 0) is 25.0 Å². The standard InChI is InChI=1S/C19H23N3O2/c23-19(17-5-1-3-15-4-2-8-20-18(15)17)22-11-9-21(10-12-22)16-6-13-24-14-7-16/h1-5,8,16H,6-7,9-14H2. The first-order valence-electron chi connectivity index (χ1n) is 8.78. The van der Waals surface area contributed by atoms with Crippen molar-refractivity contribution < 1.29 is 9.53 Å². The van der Waals surface area contributed by atoms with Gasteiger partial charge >= 0.3 is 0 Å². The Hall–Kier alpha value is -1.98. The fourth-order valence-electron chi connectivity index (χ4n) is 3.79. The Balaban J connectivity index is 1.46. The first kappa shape index (κ1) is 15.5. The summed E-state index contributed by atoms with van der Waals surface area (Å²) < 4.78 is 5.45. The van der Waals surface area contributed by atoms with Crippen molar-refractivity contribution in [2.24, 2.45) is 0 Å². The van der Waals surface area contributed by atoms with Gasteiger partial charge in [0.15, 0.2) is 0 Å². The number of fused-ring (bicyclic) bond motifs is 1. The van der Waals surface area contributed by atoms with E-state index in [9.17, 15) is 4.79 Å². The molecule has 0 radical (unpaired) electrons. The molecule has 0 unspecified atom stereocenters. The van der Waals surface area contributed by atoms with Gasteiger partial charge in [0.05, 0.1) is 11.1 Å². The van der Waals surface area contributed by atoms with E-state index in [0.717, 1.165) is 63.1 Å². The maximum atomic E-state index is 12.9. The van der Waals surface area contributed by atoms with Crippen LogP contribution in [0.2, 0.25) is 0 Å². The third-order valence-corrected chi connectivity index (χ3v) is 5.17. The molecule has 2 fully saturated rings. The summed E-state index contributed by atoms with van der Waals surface area (Å²) in [6.45, 7) is 5.22. The summed E-state index contributed by atoms with van der Waals surface area (Å²) >= 11 is 0. The van der Waals surface area contributed by atoms with E-state index in [1.807, 2.05) is 35.2 Å². The fourth-order valence-corrected chi connectivity index (χ4v) is 3.79. The first-order valence-corrected chi connectivity index (χ1v) is 8.78. The van der Waals surface area contributed by atoms with Gasteiger partial charge in [-0.1, -0.05) is 18.2 Å². The summed E-state index contributed by atoms with van der Waals surface area (Å²) in [6, 6.07) is 10.4. The van der Waals surface area contributed by atoms with Gasteiger partial charge in [-0.25, -0.2) is 0 Å². The van der Waals surface area contributed by atoms with Crippen LogP contribution in [0.3, 0.4) is 0 Å². The lowest BCUT2D eigenvalue weighted by Crippen LogP contribution is -2.53. The molecule has 0 saturated carbocycles. The number of carbonyl (C=O) groups is 1. The molecule has 24 heavy (non-hydrogen) atoms. The molecule has 1 amide bonds. The molecule has 126 valence electrons. The van der Waals surface area contributed by atoms with Crippen LogP contribution in [-0.4, -0.2) is 66.1 Å². The Morgan fingerprint density at radius 3 is 2.58 bits per heavy atom. The van der Waals surface area contributed by atoms with Gasteiger partial charge in [-0.2, -0.15) is 0 Å². The molecule has 3 heterocycles. The fraction of sp³-hybridized carbons (Fsp3) is 0.474. The molecule has 2 aliphatic rings. The number of carbonyl (C=O) groups excluding carboxylic acids is 1. The largest absolute Gasteiger partial charge is 0.381 e. The lowest BCUT2D eigenvalue weighted by Gasteiger charge is -2.40. The highest BCUT2D eigenvalue weighted by atomic mass is 16.5. The highest BCUT2D eigenvalue weighted by molar-refractivity contribution is 6.05. The van der Waals surface area contributed by atoms with E-state index < -0.39 is 0 Å². The SMILES string of the molecule is O=C(c1cccc2cccnc12)N1CCN(C2CCOCC2)CC1. The minimum absolute atomic E-state index is 0.103. The number of aromatic nitrogens is 1. The van der Waals surface area contributed by atoms with Crippen molar-refractivity contribution >= 4 is 16.8 Å². The summed E-state index contributed by atoms with van der Waals surface area (Å²) in [5.41, 5.74) is 1.52. The number of ether oxygens (including phenoxy) is 1. The van der Waals surface area contributed by atoms with Crippen LogP contribution in [0.1, 0.15) is 23.2 Å².